The minimum Gasteiger partial charge on any atom is -0.481 e. The molecule has 16 heavy (non-hydrogen) atoms. The number of halogens is 2. The summed E-state index contributed by atoms with van der Waals surface area (Å²) in [6, 6.07) is 0. The van der Waals surface area contributed by atoms with Crippen LogP contribution >= 0.6 is 0 Å². The molecular formula is C10H15F2NO3. The predicted molar refractivity (Wildman–Crippen MR) is 51.3 cm³/mol. The van der Waals surface area contributed by atoms with E-state index in [0.717, 1.165) is 0 Å². The summed E-state index contributed by atoms with van der Waals surface area (Å²) in [6.07, 6.45) is -1.05. The number of piperidine rings is 1. The number of alkyl halides is 2. The fourth-order valence-electron chi connectivity index (χ4n) is 2.83. The summed E-state index contributed by atoms with van der Waals surface area (Å²) in [4.78, 5) is 11.2. The Bertz CT molecular complexity index is 305. The first-order chi connectivity index (χ1) is 7.31. The Morgan fingerprint density at radius 2 is 1.69 bits per heavy atom. The van der Waals surface area contributed by atoms with Crippen LogP contribution in [0.2, 0.25) is 0 Å². The van der Waals surface area contributed by atoms with E-state index in [1.54, 1.807) is 0 Å². The van der Waals surface area contributed by atoms with Gasteiger partial charge in [-0.2, -0.15) is 0 Å². The lowest BCUT2D eigenvalue weighted by Crippen LogP contribution is -2.66. The molecule has 0 amide bonds. The summed E-state index contributed by atoms with van der Waals surface area (Å²) in [5, 5.41) is 22.4. The summed E-state index contributed by atoms with van der Waals surface area (Å²) in [7, 11) is 0. The Balaban J connectivity index is 2.24. The summed E-state index contributed by atoms with van der Waals surface area (Å²) < 4.78 is 25.9. The second kappa shape index (κ2) is 3.37. The molecule has 4 nitrogen and oxygen atoms in total. The zero-order valence-electron chi connectivity index (χ0n) is 8.80. The molecule has 1 aliphatic heterocycles. The quantitative estimate of drug-likeness (QED) is 0.655. The van der Waals surface area contributed by atoms with Crippen molar-refractivity contribution in [3.05, 3.63) is 0 Å². The molecule has 92 valence electrons. The molecule has 2 fully saturated rings. The van der Waals surface area contributed by atoms with Gasteiger partial charge in [-0.3, -0.25) is 4.79 Å². The van der Waals surface area contributed by atoms with E-state index in [0.29, 0.717) is 13.1 Å². The van der Waals surface area contributed by atoms with E-state index >= 15 is 0 Å². The van der Waals surface area contributed by atoms with Gasteiger partial charge in [-0.25, -0.2) is 8.78 Å². The van der Waals surface area contributed by atoms with Gasteiger partial charge in [-0.15, -0.1) is 0 Å². The summed E-state index contributed by atoms with van der Waals surface area (Å²) >= 11 is 0. The van der Waals surface area contributed by atoms with E-state index in [1.165, 1.54) is 0 Å². The van der Waals surface area contributed by atoms with Gasteiger partial charge in [0.2, 0.25) is 0 Å². The lowest BCUT2D eigenvalue weighted by molar-refractivity contribution is -0.249. The van der Waals surface area contributed by atoms with E-state index in [-0.39, 0.29) is 12.8 Å². The lowest BCUT2D eigenvalue weighted by atomic mass is 9.54. The van der Waals surface area contributed by atoms with Crippen LogP contribution in [0.15, 0.2) is 0 Å². The van der Waals surface area contributed by atoms with Gasteiger partial charge in [-0.05, 0) is 25.9 Å². The monoisotopic (exact) mass is 235 g/mol. The van der Waals surface area contributed by atoms with Crippen molar-refractivity contribution in [2.75, 3.05) is 13.1 Å². The standard InChI is InChI=1S/C10H15F2NO3/c11-10(12)5-8(6-10,7(14)15)9(16)1-3-13-4-2-9/h13,16H,1-6H2,(H,14,15). The molecule has 0 aromatic rings. The number of hydrogen-bond donors (Lipinski definition) is 3. The third kappa shape index (κ3) is 1.51. The molecule has 1 heterocycles. The number of carbonyl (C=O) groups is 1. The second-order valence-corrected chi connectivity index (χ2v) is 4.88. The molecule has 6 heteroatoms. The van der Waals surface area contributed by atoms with Crippen molar-refractivity contribution < 1.29 is 23.8 Å². The molecule has 1 saturated carbocycles. The molecule has 0 aromatic heterocycles. The van der Waals surface area contributed by atoms with Crippen LogP contribution in [0.1, 0.15) is 25.7 Å². The maximum atomic E-state index is 12.9. The van der Waals surface area contributed by atoms with E-state index in [2.05, 4.69) is 5.32 Å². The van der Waals surface area contributed by atoms with Crippen molar-refractivity contribution >= 4 is 5.97 Å². The Kier molecular flexibility index (Phi) is 2.47. The minimum atomic E-state index is -2.95. The second-order valence-electron chi connectivity index (χ2n) is 4.88. The number of carboxylic acids is 1. The average molecular weight is 235 g/mol. The van der Waals surface area contributed by atoms with Crippen molar-refractivity contribution in [1.29, 1.82) is 0 Å². The van der Waals surface area contributed by atoms with Crippen molar-refractivity contribution in [2.45, 2.75) is 37.2 Å². The summed E-state index contributed by atoms with van der Waals surface area (Å²) in [5.41, 5.74) is -3.15. The fourth-order valence-corrected chi connectivity index (χ4v) is 2.83. The van der Waals surface area contributed by atoms with Crippen LogP contribution in [0.3, 0.4) is 0 Å². The van der Waals surface area contributed by atoms with Crippen LogP contribution in [-0.2, 0) is 4.79 Å². The average Bonchev–Trinajstić information content (AvgIpc) is 2.14. The molecule has 1 saturated heterocycles. The lowest BCUT2D eigenvalue weighted by Gasteiger charge is -2.54. The Morgan fingerprint density at radius 3 is 2.06 bits per heavy atom. The highest BCUT2D eigenvalue weighted by Gasteiger charge is 2.70. The largest absolute Gasteiger partial charge is 0.481 e. The van der Waals surface area contributed by atoms with Gasteiger partial charge >= 0.3 is 5.97 Å². The minimum absolute atomic E-state index is 0.218. The van der Waals surface area contributed by atoms with E-state index < -0.39 is 35.7 Å². The van der Waals surface area contributed by atoms with E-state index in [4.69, 9.17) is 5.11 Å². The van der Waals surface area contributed by atoms with E-state index in [1.807, 2.05) is 0 Å². The molecule has 0 aromatic carbocycles. The Labute approximate surface area is 91.6 Å². The topological polar surface area (TPSA) is 69.6 Å². The first-order valence-electron chi connectivity index (χ1n) is 5.36. The molecule has 0 spiro atoms. The van der Waals surface area contributed by atoms with Gasteiger partial charge in [0.25, 0.3) is 5.92 Å². The number of carboxylic acid groups (broad SMARTS) is 1. The van der Waals surface area contributed by atoms with E-state index in [9.17, 15) is 18.7 Å². The number of nitrogens with one attached hydrogen (secondary N) is 1. The first kappa shape index (κ1) is 11.7. The number of aliphatic hydroxyl groups is 1. The zero-order valence-corrected chi connectivity index (χ0v) is 8.80. The SMILES string of the molecule is O=C(O)C1(C2(O)CCNCC2)CC(F)(F)C1. The molecule has 0 unspecified atom stereocenters. The Morgan fingerprint density at radius 1 is 1.19 bits per heavy atom. The fraction of sp³-hybridized carbons (Fsp3) is 0.900. The highest BCUT2D eigenvalue weighted by atomic mass is 19.3. The van der Waals surface area contributed by atoms with Crippen molar-refractivity contribution in [2.24, 2.45) is 5.41 Å². The summed E-state index contributed by atoms with van der Waals surface area (Å²) in [5.74, 6) is -4.25. The van der Waals surface area contributed by atoms with Crippen LogP contribution < -0.4 is 5.32 Å². The smallest absolute Gasteiger partial charge is 0.313 e. The Hall–Kier alpha value is -0.750. The number of hydrogen-bond acceptors (Lipinski definition) is 3. The molecule has 0 radical (unpaired) electrons. The van der Waals surface area contributed by atoms with Gasteiger partial charge < -0.3 is 15.5 Å². The number of rotatable bonds is 2. The van der Waals surface area contributed by atoms with Gasteiger partial charge in [-0.1, -0.05) is 0 Å². The van der Waals surface area contributed by atoms with Crippen LogP contribution in [0.5, 0.6) is 0 Å². The van der Waals surface area contributed by atoms with Crippen LogP contribution in [0.25, 0.3) is 0 Å². The maximum absolute atomic E-state index is 12.9. The van der Waals surface area contributed by atoms with Crippen molar-refractivity contribution in [1.82, 2.24) is 5.32 Å². The molecule has 2 rings (SSSR count). The van der Waals surface area contributed by atoms with Crippen molar-refractivity contribution in [3.8, 4) is 0 Å². The third-order valence-corrected chi connectivity index (χ3v) is 3.85. The highest BCUT2D eigenvalue weighted by molar-refractivity contribution is 5.78. The molecule has 3 N–H and O–H groups in total. The third-order valence-electron chi connectivity index (χ3n) is 3.85. The molecular weight excluding hydrogens is 220 g/mol. The van der Waals surface area contributed by atoms with Crippen LogP contribution in [0, 0.1) is 5.41 Å². The maximum Gasteiger partial charge on any atom is 0.313 e. The molecule has 1 aliphatic carbocycles. The molecule has 0 atom stereocenters. The van der Waals surface area contributed by atoms with Gasteiger partial charge in [0, 0.05) is 12.8 Å². The van der Waals surface area contributed by atoms with Gasteiger partial charge in [0.15, 0.2) is 0 Å². The van der Waals surface area contributed by atoms with Gasteiger partial charge in [0.05, 0.1) is 5.60 Å². The first-order valence-corrected chi connectivity index (χ1v) is 5.36. The summed E-state index contributed by atoms with van der Waals surface area (Å²) in [6.45, 7) is 0.939. The predicted octanol–water partition coefficient (Wildman–Crippen LogP) is 0.601. The van der Waals surface area contributed by atoms with Crippen LogP contribution in [-0.4, -0.2) is 40.8 Å². The van der Waals surface area contributed by atoms with Gasteiger partial charge in [0.1, 0.15) is 5.41 Å². The number of aliphatic carboxylic acids is 1. The molecule has 0 bridgehead atoms. The van der Waals surface area contributed by atoms with Crippen molar-refractivity contribution in [3.63, 3.8) is 0 Å². The normalized spacial score (nSPS) is 30.4. The zero-order chi connectivity index (χ0) is 12.0. The molecule has 2 aliphatic rings. The highest BCUT2D eigenvalue weighted by Crippen LogP contribution is 2.59. The van der Waals surface area contributed by atoms with Crippen LogP contribution in [0.4, 0.5) is 8.78 Å².